The molecule has 1 aliphatic rings. The van der Waals surface area contributed by atoms with E-state index in [1.807, 2.05) is 42.5 Å². The number of rotatable bonds is 3. The number of fused-ring (bicyclic) bond motifs is 2. The highest BCUT2D eigenvalue weighted by molar-refractivity contribution is 5.87. The molecule has 1 aliphatic heterocycles. The Hall–Kier alpha value is -4.24. The van der Waals surface area contributed by atoms with Crippen LogP contribution in [-0.2, 0) is 0 Å². The Labute approximate surface area is 173 Å². The summed E-state index contributed by atoms with van der Waals surface area (Å²) < 4.78 is 11.1. The van der Waals surface area contributed by atoms with E-state index in [1.54, 1.807) is 7.11 Å². The molecule has 30 heavy (non-hydrogen) atoms. The van der Waals surface area contributed by atoms with Crippen LogP contribution in [0.3, 0.4) is 0 Å². The molecule has 0 radical (unpaired) electrons. The van der Waals surface area contributed by atoms with E-state index in [0.717, 1.165) is 33.2 Å². The van der Waals surface area contributed by atoms with Crippen molar-refractivity contribution in [1.29, 1.82) is 5.26 Å². The standard InChI is InChI=1S/C24H18N4O2/c1-29-18-8-4-7-16(12-18)20-19(13-25)23(26)30-24-21(20)22(27-28-24)17-10-9-14-5-2-3-6-15(14)11-17/h2-12,20H,26H2,1H3,(H,27,28)/t20-/m1/s1. The molecule has 4 aromatic rings. The molecule has 3 aromatic carbocycles. The fourth-order valence-corrected chi connectivity index (χ4v) is 3.96. The molecule has 0 aliphatic carbocycles. The van der Waals surface area contributed by atoms with Crippen LogP contribution in [0, 0.1) is 11.3 Å². The van der Waals surface area contributed by atoms with Crippen LogP contribution >= 0.6 is 0 Å². The molecule has 5 rings (SSSR count). The summed E-state index contributed by atoms with van der Waals surface area (Å²) in [5, 5.41) is 19.6. The quantitative estimate of drug-likeness (QED) is 0.535. The summed E-state index contributed by atoms with van der Waals surface area (Å²) in [4.78, 5) is 0. The molecule has 6 heteroatoms. The lowest BCUT2D eigenvalue weighted by molar-refractivity contribution is 0.378. The van der Waals surface area contributed by atoms with Gasteiger partial charge in [-0.2, -0.15) is 5.26 Å². The first-order chi connectivity index (χ1) is 14.7. The molecule has 2 heterocycles. The Bertz CT molecular complexity index is 1350. The average molecular weight is 394 g/mol. The Morgan fingerprint density at radius 2 is 1.90 bits per heavy atom. The third-order valence-corrected chi connectivity index (χ3v) is 5.40. The van der Waals surface area contributed by atoms with Gasteiger partial charge in [-0.05, 0) is 34.5 Å². The van der Waals surface area contributed by atoms with Gasteiger partial charge in [-0.1, -0.05) is 48.5 Å². The zero-order chi connectivity index (χ0) is 20.7. The molecule has 6 nitrogen and oxygen atoms in total. The van der Waals surface area contributed by atoms with Crippen molar-refractivity contribution in [2.45, 2.75) is 5.92 Å². The summed E-state index contributed by atoms with van der Waals surface area (Å²) in [6.07, 6.45) is 0. The lowest BCUT2D eigenvalue weighted by atomic mass is 9.83. The van der Waals surface area contributed by atoms with Crippen molar-refractivity contribution in [2.24, 2.45) is 5.73 Å². The van der Waals surface area contributed by atoms with Crippen LogP contribution in [0.1, 0.15) is 17.0 Å². The molecule has 0 amide bonds. The number of nitrogens with one attached hydrogen (secondary N) is 1. The minimum Gasteiger partial charge on any atom is -0.497 e. The molecular formula is C24H18N4O2. The number of hydrogen-bond acceptors (Lipinski definition) is 5. The fourth-order valence-electron chi connectivity index (χ4n) is 3.96. The number of allylic oxidation sites excluding steroid dienone is 1. The first kappa shape index (κ1) is 17.8. The molecule has 1 atom stereocenters. The number of benzene rings is 3. The van der Waals surface area contributed by atoms with E-state index in [9.17, 15) is 5.26 Å². The van der Waals surface area contributed by atoms with E-state index in [4.69, 9.17) is 15.2 Å². The van der Waals surface area contributed by atoms with Gasteiger partial charge in [0.1, 0.15) is 17.4 Å². The predicted molar refractivity (Wildman–Crippen MR) is 114 cm³/mol. The summed E-state index contributed by atoms with van der Waals surface area (Å²) >= 11 is 0. The van der Waals surface area contributed by atoms with E-state index >= 15 is 0 Å². The van der Waals surface area contributed by atoms with Gasteiger partial charge in [0.2, 0.25) is 11.8 Å². The Balaban J connectivity index is 1.73. The van der Waals surface area contributed by atoms with Gasteiger partial charge in [-0.3, -0.25) is 5.10 Å². The maximum atomic E-state index is 9.86. The Kier molecular flexibility index (Phi) is 4.15. The second-order valence-electron chi connectivity index (χ2n) is 7.08. The molecule has 0 unspecified atom stereocenters. The Morgan fingerprint density at radius 1 is 1.07 bits per heavy atom. The summed E-state index contributed by atoms with van der Waals surface area (Å²) in [5.74, 6) is 0.720. The molecular weight excluding hydrogens is 376 g/mol. The zero-order valence-corrected chi connectivity index (χ0v) is 16.2. The smallest absolute Gasteiger partial charge is 0.244 e. The van der Waals surface area contributed by atoms with Crippen molar-refractivity contribution in [3.05, 3.63) is 89.3 Å². The van der Waals surface area contributed by atoms with E-state index in [1.165, 1.54) is 0 Å². The lowest BCUT2D eigenvalue weighted by Gasteiger charge is -2.24. The topological polar surface area (TPSA) is 96.9 Å². The SMILES string of the molecule is COc1cccc([C@@H]2C(C#N)=C(N)Oc3n[nH]c(-c4ccc5ccccc5c4)c32)c1. The van der Waals surface area contributed by atoms with Crippen molar-refractivity contribution < 1.29 is 9.47 Å². The number of aromatic amines is 1. The van der Waals surface area contributed by atoms with Crippen LogP contribution in [0.4, 0.5) is 0 Å². The first-order valence-corrected chi connectivity index (χ1v) is 9.48. The van der Waals surface area contributed by atoms with Crippen molar-refractivity contribution in [2.75, 3.05) is 7.11 Å². The van der Waals surface area contributed by atoms with Gasteiger partial charge in [0.25, 0.3) is 0 Å². The maximum Gasteiger partial charge on any atom is 0.244 e. The number of ether oxygens (including phenoxy) is 2. The highest BCUT2D eigenvalue weighted by Gasteiger charge is 2.35. The molecule has 0 saturated heterocycles. The minimum absolute atomic E-state index is 0.0642. The monoisotopic (exact) mass is 394 g/mol. The van der Waals surface area contributed by atoms with Gasteiger partial charge in [0.15, 0.2) is 0 Å². The van der Waals surface area contributed by atoms with Gasteiger partial charge in [0, 0.05) is 5.56 Å². The third-order valence-electron chi connectivity index (χ3n) is 5.40. The molecule has 0 spiro atoms. The fraction of sp³-hybridized carbons (Fsp3) is 0.0833. The van der Waals surface area contributed by atoms with Crippen molar-refractivity contribution in [3.63, 3.8) is 0 Å². The molecule has 0 saturated carbocycles. The summed E-state index contributed by atoms with van der Waals surface area (Å²) in [6, 6.07) is 24.2. The lowest BCUT2D eigenvalue weighted by Crippen LogP contribution is -2.21. The molecule has 0 fully saturated rings. The summed E-state index contributed by atoms with van der Waals surface area (Å²) in [5.41, 5.74) is 9.83. The largest absolute Gasteiger partial charge is 0.497 e. The van der Waals surface area contributed by atoms with Gasteiger partial charge in [-0.15, -0.1) is 5.10 Å². The predicted octanol–water partition coefficient (Wildman–Crippen LogP) is 4.46. The number of aromatic nitrogens is 2. The van der Waals surface area contributed by atoms with Gasteiger partial charge < -0.3 is 15.2 Å². The second kappa shape index (κ2) is 6.98. The molecule has 0 bridgehead atoms. The van der Waals surface area contributed by atoms with E-state index in [0.29, 0.717) is 17.2 Å². The zero-order valence-electron chi connectivity index (χ0n) is 16.2. The number of nitrogens with two attached hydrogens (primary N) is 1. The van der Waals surface area contributed by atoms with Crippen molar-refractivity contribution in [3.8, 4) is 29.0 Å². The first-order valence-electron chi connectivity index (χ1n) is 9.48. The van der Waals surface area contributed by atoms with Crippen LogP contribution < -0.4 is 15.2 Å². The third kappa shape index (κ3) is 2.76. The van der Waals surface area contributed by atoms with Crippen LogP contribution in [-0.4, -0.2) is 17.3 Å². The summed E-state index contributed by atoms with van der Waals surface area (Å²) in [7, 11) is 1.61. The number of nitrogens with zero attached hydrogens (tertiary/aromatic N) is 2. The maximum absolute atomic E-state index is 9.86. The van der Waals surface area contributed by atoms with Gasteiger partial charge >= 0.3 is 0 Å². The average Bonchev–Trinajstić information content (AvgIpc) is 3.21. The summed E-state index contributed by atoms with van der Waals surface area (Å²) in [6.45, 7) is 0. The van der Waals surface area contributed by atoms with Crippen molar-refractivity contribution >= 4 is 10.8 Å². The van der Waals surface area contributed by atoms with Crippen LogP contribution in [0.5, 0.6) is 11.6 Å². The Morgan fingerprint density at radius 3 is 2.70 bits per heavy atom. The van der Waals surface area contributed by atoms with Gasteiger partial charge in [-0.25, -0.2) is 0 Å². The van der Waals surface area contributed by atoms with Crippen molar-refractivity contribution in [1.82, 2.24) is 10.2 Å². The van der Waals surface area contributed by atoms with E-state index in [2.05, 4.69) is 40.5 Å². The number of nitriles is 1. The van der Waals surface area contributed by atoms with Crippen LogP contribution in [0.2, 0.25) is 0 Å². The van der Waals surface area contributed by atoms with Crippen LogP contribution in [0.25, 0.3) is 22.0 Å². The van der Waals surface area contributed by atoms with Gasteiger partial charge in [0.05, 0.1) is 24.3 Å². The molecule has 146 valence electrons. The number of methoxy groups -OCH3 is 1. The normalized spacial score (nSPS) is 15.4. The minimum atomic E-state index is -0.422. The highest BCUT2D eigenvalue weighted by Crippen LogP contribution is 2.46. The van der Waals surface area contributed by atoms with E-state index < -0.39 is 5.92 Å². The van der Waals surface area contributed by atoms with E-state index in [-0.39, 0.29) is 5.88 Å². The molecule has 3 N–H and O–H groups in total. The second-order valence-corrected chi connectivity index (χ2v) is 7.08. The number of hydrogen-bond donors (Lipinski definition) is 2. The number of H-pyrrole nitrogens is 1. The molecule has 1 aromatic heterocycles. The highest BCUT2D eigenvalue weighted by atomic mass is 16.5. The van der Waals surface area contributed by atoms with Crippen LogP contribution in [0.15, 0.2) is 78.2 Å².